The average Bonchev–Trinajstić information content (AvgIpc) is 3.00. The van der Waals surface area contributed by atoms with E-state index in [-0.39, 0.29) is 30.2 Å². The van der Waals surface area contributed by atoms with Crippen molar-refractivity contribution in [2.45, 2.75) is 82.1 Å². The molecule has 1 unspecified atom stereocenters. The first-order valence-corrected chi connectivity index (χ1v) is 15.8. The van der Waals surface area contributed by atoms with E-state index in [2.05, 4.69) is 0 Å². The zero-order valence-electron chi connectivity index (χ0n) is 27.3. The predicted octanol–water partition coefficient (Wildman–Crippen LogP) is 4.34. The maximum Gasteiger partial charge on any atom is 0.246 e. The molecule has 3 aromatic carbocycles. The van der Waals surface area contributed by atoms with Crippen LogP contribution < -0.4 is 17.2 Å². The van der Waals surface area contributed by atoms with Crippen LogP contribution in [0.15, 0.2) is 84.9 Å². The number of carbonyl (C=O) groups excluding carboxylic acids is 3. The third-order valence-corrected chi connectivity index (χ3v) is 9.53. The molecular formula is C37H49N5O3. The lowest BCUT2D eigenvalue weighted by molar-refractivity contribution is -0.147. The van der Waals surface area contributed by atoms with Crippen LogP contribution in [0.5, 0.6) is 0 Å². The summed E-state index contributed by atoms with van der Waals surface area (Å²) in [6, 6.07) is 22.6. The third kappa shape index (κ3) is 8.06. The van der Waals surface area contributed by atoms with E-state index >= 15 is 0 Å². The van der Waals surface area contributed by atoms with E-state index in [9.17, 15) is 14.4 Å². The second-order valence-electron chi connectivity index (χ2n) is 13.6. The van der Waals surface area contributed by atoms with Gasteiger partial charge in [0.2, 0.25) is 11.8 Å². The van der Waals surface area contributed by atoms with Crippen molar-refractivity contribution in [3.63, 3.8) is 0 Å². The number of hydrogen-bond acceptors (Lipinski definition) is 6. The smallest absolute Gasteiger partial charge is 0.246 e. The van der Waals surface area contributed by atoms with Crippen LogP contribution in [0.2, 0.25) is 0 Å². The molecule has 2 amide bonds. The molecule has 6 N–H and O–H groups in total. The van der Waals surface area contributed by atoms with E-state index in [1.54, 1.807) is 40.9 Å². The lowest BCUT2D eigenvalue weighted by Gasteiger charge is -2.41. The van der Waals surface area contributed by atoms with Gasteiger partial charge in [0.1, 0.15) is 0 Å². The fourth-order valence-corrected chi connectivity index (χ4v) is 5.95. The van der Waals surface area contributed by atoms with Crippen LogP contribution in [0.1, 0.15) is 57.6 Å². The zero-order chi connectivity index (χ0) is 33.0. The van der Waals surface area contributed by atoms with Crippen LogP contribution in [0, 0.1) is 5.92 Å². The quantitative estimate of drug-likeness (QED) is 0.194. The molecule has 3 aromatic rings. The molecule has 0 radical (unpaired) electrons. The number of rotatable bonds is 13. The Labute approximate surface area is 267 Å². The van der Waals surface area contributed by atoms with Crippen molar-refractivity contribution in [1.82, 2.24) is 9.80 Å². The van der Waals surface area contributed by atoms with Gasteiger partial charge in [-0.2, -0.15) is 0 Å². The molecule has 4 rings (SSSR count). The molecule has 0 bridgehead atoms. The highest BCUT2D eigenvalue weighted by Crippen LogP contribution is 2.32. The predicted molar refractivity (Wildman–Crippen MR) is 181 cm³/mol. The van der Waals surface area contributed by atoms with Crippen molar-refractivity contribution >= 4 is 28.4 Å². The van der Waals surface area contributed by atoms with Gasteiger partial charge in [-0.25, -0.2) is 0 Å². The number of Topliss-reactive ketones (excluding diaryl/α,β-unsaturated/α-hetero) is 1. The summed E-state index contributed by atoms with van der Waals surface area (Å²) in [4.78, 5) is 45.2. The van der Waals surface area contributed by atoms with Crippen molar-refractivity contribution in [1.29, 1.82) is 0 Å². The van der Waals surface area contributed by atoms with Crippen molar-refractivity contribution < 1.29 is 14.4 Å². The van der Waals surface area contributed by atoms with E-state index in [0.717, 1.165) is 41.2 Å². The molecule has 1 fully saturated rings. The monoisotopic (exact) mass is 611 g/mol. The van der Waals surface area contributed by atoms with Gasteiger partial charge in [-0.1, -0.05) is 78.9 Å². The summed E-state index contributed by atoms with van der Waals surface area (Å²) in [7, 11) is 3.25. The molecule has 1 aliphatic rings. The molecule has 0 heterocycles. The first-order valence-electron chi connectivity index (χ1n) is 15.8. The van der Waals surface area contributed by atoms with Crippen molar-refractivity contribution in [3.8, 4) is 0 Å². The molecule has 1 aliphatic carbocycles. The van der Waals surface area contributed by atoms with E-state index in [4.69, 9.17) is 17.2 Å². The Morgan fingerprint density at radius 2 is 1.49 bits per heavy atom. The molecule has 0 aliphatic heterocycles. The zero-order valence-corrected chi connectivity index (χ0v) is 27.3. The number of fused-ring (bicyclic) bond motifs is 1. The van der Waals surface area contributed by atoms with E-state index in [1.165, 1.54) is 15.9 Å². The molecule has 1 saturated carbocycles. The van der Waals surface area contributed by atoms with E-state index in [1.807, 2.05) is 72.8 Å². The van der Waals surface area contributed by atoms with Crippen LogP contribution in [0.4, 0.5) is 0 Å². The normalized spacial score (nSPS) is 17.2. The second-order valence-corrected chi connectivity index (χ2v) is 13.6. The Morgan fingerprint density at radius 3 is 2.09 bits per heavy atom. The lowest BCUT2D eigenvalue weighted by atomic mass is 9.74. The summed E-state index contributed by atoms with van der Waals surface area (Å²) in [5, 5.41) is 2.11. The Bertz CT molecular complexity index is 1540. The summed E-state index contributed by atoms with van der Waals surface area (Å²) in [6.45, 7) is 5.07. The second kappa shape index (κ2) is 13.6. The summed E-state index contributed by atoms with van der Waals surface area (Å²) < 4.78 is 0. The van der Waals surface area contributed by atoms with Crippen molar-refractivity contribution in [3.05, 3.63) is 96.1 Å². The van der Waals surface area contributed by atoms with Gasteiger partial charge in [-0.05, 0) is 80.9 Å². The Kier molecular flexibility index (Phi) is 10.3. The van der Waals surface area contributed by atoms with Gasteiger partial charge in [0, 0.05) is 26.1 Å². The van der Waals surface area contributed by atoms with Crippen LogP contribution in [0.25, 0.3) is 10.8 Å². The Balaban J connectivity index is 1.71. The number of likely N-dealkylation sites (N-methyl/N-ethyl adjacent to an activating group) is 1. The number of hydrogen-bond donors (Lipinski definition) is 3. The first kappa shape index (κ1) is 34.0. The Hall–Kier alpha value is -3.85. The van der Waals surface area contributed by atoms with Gasteiger partial charge in [-0.3, -0.25) is 14.4 Å². The molecule has 8 nitrogen and oxygen atoms in total. The molecule has 0 aromatic heterocycles. The van der Waals surface area contributed by atoms with Gasteiger partial charge in [0.15, 0.2) is 5.78 Å². The topological polar surface area (TPSA) is 136 Å². The van der Waals surface area contributed by atoms with Crippen LogP contribution in [-0.4, -0.2) is 64.3 Å². The van der Waals surface area contributed by atoms with Gasteiger partial charge in [0.25, 0.3) is 0 Å². The molecule has 0 spiro atoms. The Morgan fingerprint density at radius 1 is 0.867 bits per heavy atom. The van der Waals surface area contributed by atoms with Gasteiger partial charge < -0.3 is 27.0 Å². The minimum Gasteiger partial charge on any atom is -0.332 e. The number of benzene rings is 3. The summed E-state index contributed by atoms with van der Waals surface area (Å²) in [6.07, 6.45) is 7.32. The fraction of sp³-hybridized carbons (Fsp3) is 0.432. The average molecular weight is 612 g/mol. The maximum absolute atomic E-state index is 14.7. The number of nitrogens with two attached hydrogens (primary N) is 3. The SMILES string of the molecule is CN(C(=O)/C=C/CC1(N)CCC1)[C@H](Cc1ccc2ccccc2c1)C(=O)C(C)(N)[C@H](Cc1ccccc1)C(=O)N(C)C(C)(C)N. The highest BCUT2D eigenvalue weighted by molar-refractivity contribution is 6.01. The fourth-order valence-electron chi connectivity index (χ4n) is 5.95. The molecule has 0 saturated heterocycles. The third-order valence-electron chi connectivity index (χ3n) is 9.53. The molecule has 3 atom stereocenters. The minimum atomic E-state index is -1.64. The molecular weight excluding hydrogens is 562 g/mol. The lowest BCUT2D eigenvalue weighted by Crippen LogP contribution is -2.65. The van der Waals surface area contributed by atoms with Gasteiger partial charge in [-0.15, -0.1) is 0 Å². The van der Waals surface area contributed by atoms with E-state index in [0.29, 0.717) is 6.42 Å². The largest absolute Gasteiger partial charge is 0.332 e. The van der Waals surface area contributed by atoms with Gasteiger partial charge >= 0.3 is 0 Å². The summed E-state index contributed by atoms with van der Waals surface area (Å²) in [5.74, 6) is -1.99. The minimum absolute atomic E-state index is 0.234. The molecule has 8 heteroatoms. The van der Waals surface area contributed by atoms with E-state index < -0.39 is 28.9 Å². The van der Waals surface area contributed by atoms with Crippen LogP contribution >= 0.6 is 0 Å². The van der Waals surface area contributed by atoms with Crippen LogP contribution in [-0.2, 0) is 27.2 Å². The van der Waals surface area contributed by atoms with Crippen molar-refractivity contribution in [2.24, 2.45) is 23.1 Å². The highest BCUT2D eigenvalue weighted by Gasteiger charge is 2.48. The number of ketones is 1. The van der Waals surface area contributed by atoms with Gasteiger partial charge in [0.05, 0.1) is 23.2 Å². The van der Waals surface area contributed by atoms with Crippen molar-refractivity contribution in [2.75, 3.05) is 14.1 Å². The summed E-state index contributed by atoms with van der Waals surface area (Å²) >= 11 is 0. The first-order chi connectivity index (χ1) is 21.1. The molecule has 240 valence electrons. The number of nitrogens with zero attached hydrogens (tertiary/aromatic N) is 2. The maximum atomic E-state index is 14.7. The summed E-state index contributed by atoms with van der Waals surface area (Å²) in [5.41, 5.74) is 18.6. The standard InChI is InChI=1S/C37H49N5O3/c1-35(2,38)42(5)34(45)30(24-26-13-7-6-8-14-26)36(3,39)33(44)31(25-27-18-19-28-15-9-10-16-29(28)23-27)41(4)32(43)17-11-20-37(40)21-12-22-37/h6-11,13-19,23,30-31H,12,20-22,24-25,38-40H2,1-5H3/b17-11+/t30-,31-,36?/m1/s1. The van der Waals surface area contributed by atoms with Crippen LogP contribution in [0.3, 0.4) is 0 Å². The highest BCUT2D eigenvalue weighted by atomic mass is 16.2. The molecule has 45 heavy (non-hydrogen) atoms. The number of amides is 2. The number of carbonyl (C=O) groups is 3.